The summed E-state index contributed by atoms with van der Waals surface area (Å²) in [6, 6.07) is 4.48. The van der Waals surface area contributed by atoms with Gasteiger partial charge in [0.25, 0.3) is 0 Å². The van der Waals surface area contributed by atoms with Crippen LogP contribution in [0, 0.1) is 19.3 Å². The summed E-state index contributed by atoms with van der Waals surface area (Å²) < 4.78 is 2.53. The van der Waals surface area contributed by atoms with Gasteiger partial charge in [0.05, 0.1) is 0 Å². The highest BCUT2D eigenvalue weighted by molar-refractivity contribution is 5.17. The number of rotatable bonds is 5. The van der Waals surface area contributed by atoms with Crippen molar-refractivity contribution in [2.75, 3.05) is 0 Å². The molecule has 0 saturated heterocycles. The third-order valence-corrected chi connectivity index (χ3v) is 4.39. The summed E-state index contributed by atoms with van der Waals surface area (Å²) in [5.41, 5.74) is 3.43. The minimum Gasteiger partial charge on any atom is -0.343 e. The van der Waals surface area contributed by atoms with Crippen molar-refractivity contribution in [2.45, 2.75) is 73.3 Å². The lowest BCUT2D eigenvalue weighted by atomic mass is 9.76. The van der Waals surface area contributed by atoms with Crippen molar-refractivity contribution in [3.05, 3.63) is 23.5 Å². The summed E-state index contributed by atoms with van der Waals surface area (Å²) in [4.78, 5) is 0. The predicted octanol–water partition coefficient (Wildman–Crippen LogP) is 5.06. The van der Waals surface area contributed by atoms with E-state index in [9.17, 15) is 0 Å². The average Bonchev–Trinajstić information content (AvgIpc) is 2.58. The number of aryl methyl sites for hydroxylation is 2. The van der Waals surface area contributed by atoms with E-state index in [0.717, 1.165) is 0 Å². The molecule has 0 spiro atoms. The van der Waals surface area contributed by atoms with Gasteiger partial charge in [-0.1, -0.05) is 34.1 Å². The highest BCUT2D eigenvalue weighted by Crippen LogP contribution is 2.39. The summed E-state index contributed by atoms with van der Waals surface area (Å²) in [7, 11) is 0. The second-order valence-electron chi connectivity index (χ2n) is 6.50. The molecule has 0 radical (unpaired) electrons. The molecular formula is C16H29N. The Morgan fingerprint density at radius 3 is 1.76 bits per heavy atom. The largest absolute Gasteiger partial charge is 0.343 e. The van der Waals surface area contributed by atoms with E-state index in [-0.39, 0.29) is 5.54 Å². The van der Waals surface area contributed by atoms with Crippen LogP contribution in [0.3, 0.4) is 0 Å². The van der Waals surface area contributed by atoms with E-state index < -0.39 is 0 Å². The van der Waals surface area contributed by atoms with Crippen molar-refractivity contribution in [3.8, 4) is 0 Å². The van der Waals surface area contributed by atoms with Crippen molar-refractivity contribution in [2.24, 2.45) is 5.41 Å². The van der Waals surface area contributed by atoms with Gasteiger partial charge in [-0.15, -0.1) is 0 Å². The molecule has 1 heterocycles. The molecule has 0 bridgehead atoms. The highest BCUT2D eigenvalue weighted by atomic mass is 15.1. The molecule has 17 heavy (non-hydrogen) atoms. The van der Waals surface area contributed by atoms with E-state index in [1.807, 2.05) is 0 Å². The summed E-state index contributed by atoms with van der Waals surface area (Å²) in [5, 5.41) is 0. The second-order valence-corrected chi connectivity index (χ2v) is 6.50. The molecule has 0 fully saturated rings. The molecular weight excluding hydrogens is 206 g/mol. The van der Waals surface area contributed by atoms with Gasteiger partial charge in [0, 0.05) is 16.9 Å². The van der Waals surface area contributed by atoms with Gasteiger partial charge < -0.3 is 4.57 Å². The van der Waals surface area contributed by atoms with E-state index >= 15 is 0 Å². The zero-order valence-electron chi connectivity index (χ0n) is 12.7. The molecule has 0 unspecified atom stereocenters. The van der Waals surface area contributed by atoms with Gasteiger partial charge in [0.15, 0.2) is 0 Å². The number of nitrogens with zero attached hydrogens (tertiary/aromatic N) is 1. The molecule has 0 saturated carbocycles. The highest BCUT2D eigenvalue weighted by Gasteiger charge is 2.32. The van der Waals surface area contributed by atoms with Gasteiger partial charge in [-0.3, -0.25) is 0 Å². The Labute approximate surface area is 107 Å². The van der Waals surface area contributed by atoms with Crippen molar-refractivity contribution in [3.63, 3.8) is 0 Å². The number of hydrogen-bond donors (Lipinski definition) is 0. The molecule has 0 aliphatic heterocycles. The van der Waals surface area contributed by atoms with E-state index in [1.54, 1.807) is 0 Å². The fourth-order valence-corrected chi connectivity index (χ4v) is 3.04. The molecule has 1 heteroatoms. The number of hydrogen-bond acceptors (Lipinski definition) is 0. The molecule has 0 aromatic carbocycles. The molecule has 0 aliphatic rings. The molecule has 0 N–H and O–H groups in total. The molecule has 1 aromatic heterocycles. The topological polar surface area (TPSA) is 4.93 Å². The molecule has 98 valence electrons. The van der Waals surface area contributed by atoms with E-state index in [2.05, 4.69) is 65.2 Å². The van der Waals surface area contributed by atoms with Crippen LogP contribution in [-0.4, -0.2) is 4.57 Å². The summed E-state index contributed by atoms with van der Waals surface area (Å²) in [6.45, 7) is 16.2. The van der Waals surface area contributed by atoms with E-state index in [1.165, 1.54) is 30.7 Å². The van der Waals surface area contributed by atoms with E-state index in [0.29, 0.717) is 5.41 Å². The molecule has 1 nitrogen and oxygen atoms in total. The maximum Gasteiger partial charge on any atom is 0.0419 e. The number of aromatic nitrogens is 1. The smallest absolute Gasteiger partial charge is 0.0419 e. The molecule has 1 atom stereocenters. The Morgan fingerprint density at radius 1 is 0.941 bits per heavy atom. The Hall–Kier alpha value is -0.720. The van der Waals surface area contributed by atoms with Gasteiger partial charge in [-0.25, -0.2) is 0 Å². The fraction of sp³-hybridized carbons (Fsp3) is 0.750. The quantitative estimate of drug-likeness (QED) is 0.672. The fourth-order valence-electron chi connectivity index (χ4n) is 3.04. The lowest BCUT2D eigenvalue weighted by Crippen LogP contribution is -2.36. The van der Waals surface area contributed by atoms with Gasteiger partial charge in [-0.05, 0) is 51.2 Å². The van der Waals surface area contributed by atoms with Crippen molar-refractivity contribution >= 4 is 0 Å². The zero-order valence-corrected chi connectivity index (χ0v) is 12.7. The van der Waals surface area contributed by atoms with Crippen LogP contribution in [0.4, 0.5) is 0 Å². The molecule has 1 rings (SSSR count). The van der Waals surface area contributed by atoms with Crippen molar-refractivity contribution in [1.29, 1.82) is 0 Å². The summed E-state index contributed by atoms with van der Waals surface area (Å²) >= 11 is 0. The lowest BCUT2D eigenvalue weighted by molar-refractivity contribution is 0.164. The third-order valence-electron chi connectivity index (χ3n) is 4.39. The van der Waals surface area contributed by atoms with Crippen LogP contribution in [-0.2, 0) is 5.54 Å². The van der Waals surface area contributed by atoms with Crippen LogP contribution in [0.1, 0.15) is 65.3 Å². The van der Waals surface area contributed by atoms with Crippen molar-refractivity contribution < 1.29 is 0 Å². The molecule has 0 amide bonds. The standard InChI is InChI=1S/C16H29N/c1-8-15(5,6)12-16(7,9-2)17-13(3)10-11-14(17)4/h10-11H,8-9,12H2,1-7H3/t16-/m0/s1. The molecule has 0 aliphatic carbocycles. The van der Waals surface area contributed by atoms with Crippen molar-refractivity contribution in [1.82, 2.24) is 4.57 Å². The van der Waals surface area contributed by atoms with Gasteiger partial charge in [0.1, 0.15) is 0 Å². The van der Waals surface area contributed by atoms with Crippen LogP contribution >= 0.6 is 0 Å². The second kappa shape index (κ2) is 4.88. The van der Waals surface area contributed by atoms with Crippen LogP contribution in [0.15, 0.2) is 12.1 Å². The van der Waals surface area contributed by atoms with Crippen LogP contribution in [0.5, 0.6) is 0 Å². The first-order valence-corrected chi connectivity index (χ1v) is 6.91. The predicted molar refractivity (Wildman–Crippen MR) is 76.5 cm³/mol. The lowest BCUT2D eigenvalue weighted by Gasteiger charge is -2.40. The third kappa shape index (κ3) is 2.94. The van der Waals surface area contributed by atoms with Gasteiger partial charge in [-0.2, -0.15) is 0 Å². The maximum absolute atomic E-state index is 2.53. The monoisotopic (exact) mass is 235 g/mol. The maximum atomic E-state index is 2.53. The Bertz CT molecular complexity index is 353. The Morgan fingerprint density at radius 2 is 1.41 bits per heavy atom. The first-order valence-electron chi connectivity index (χ1n) is 6.91. The van der Waals surface area contributed by atoms with Gasteiger partial charge >= 0.3 is 0 Å². The van der Waals surface area contributed by atoms with Crippen LogP contribution < -0.4 is 0 Å². The summed E-state index contributed by atoms with van der Waals surface area (Å²) in [5.74, 6) is 0. The first-order chi connectivity index (χ1) is 7.75. The Kier molecular flexibility index (Phi) is 4.11. The van der Waals surface area contributed by atoms with Crippen LogP contribution in [0.25, 0.3) is 0 Å². The minimum atomic E-state index is 0.247. The van der Waals surface area contributed by atoms with Crippen LogP contribution in [0.2, 0.25) is 0 Å². The normalized spacial score (nSPS) is 15.9. The Balaban J connectivity index is 3.13. The minimum absolute atomic E-state index is 0.247. The SMILES string of the molecule is CCC(C)(C)C[C@](C)(CC)n1c(C)ccc1C. The zero-order chi connectivity index (χ0) is 13.3. The first kappa shape index (κ1) is 14.3. The van der Waals surface area contributed by atoms with Gasteiger partial charge in [0.2, 0.25) is 0 Å². The average molecular weight is 235 g/mol. The summed E-state index contributed by atoms with van der Waals surface area (Å²) in [6.07, 6.45) is 3.66. The van der Waals surface area contributed by atoms with E-state index in [4.69, 9.17) is 0 Å². The molecule has 1 aromatic rings.